The van der Waals surface area contributed by atoms with E-state index in [9.17, 15) is 9.59 Å². The third kappa shape index (κ3) is 3.94. The van der Waals surface area contributed by atoms with Crippen LogP contribution in [0.1, 0.15) is 18.1 Å². The maximum atomic E-state index is 13.0. The highest BCUT2D eigenvalue weighted by Crippen LogP contribution is 2.28. The van der Waals surface area contributed by atoms with E-state index in [0.717, 1.165) is 16.5 Å². The number of nitrogens with one attached hydrogen (secondary N) is 1. The number of carbonyl (C=O) groups excluding carboxylic acids is 2. The molecule has 0 aromatic heterocycles. The molecule has 2 amide bonds. The molecule has 5 nitrogen and oxygen atoms in total. The van der Waals surface area contributed by atoms with Gasteiger partial charge >= 0.3 is 0 Å². The van der Waals surface area contributed by atoms with Crippen molar-refractivity contribution >= 4 is 56.8 Å². The molecule has 0 saturated carbocycles. The number of ether oxygens (including phenoxy) is 1. The predicted octanol–water partition coefficient (Wildman–Crippen LogP) is 3.85. The van der Waals surface area contributed by atoms with Gasteiger partial charge in [0.05, 0.1) is 17.3 Å². The first-order valence-corrected chi connectivity index (χ1v) is 9.48. The molecule has 0 bridgehead atoms. The first kappa shape index (κ1) is 19.3. The topological polar surface area (TPSA) is 58.6 Å². The zero-order valence-electron chi connectivity index (χ0n) is 14.8. The number of carbonyl (C=O) groups is 2. The summed E-state index contributed by atoms with van der Waals surface area (Å²) < 4.78 is 5.93. The third-order valence-corrected chi connectivity index (χ3v) is 5.10. The summed E-state index contributed by atoms with van der Waals surface area (Å²) in [5.41, 5.74) is 2.47. The summed E-state index contributed by atoms with van der Waals surface area (Å²) in [6, 6.07) is 12.8. The number of hydrogen-bond donors (Lipinski definition) is 1. The number of halogens is 1. The summed E-state index contributed by atoms with van der Waals surface area (Å²) >= 11 is 8.62. The Hall–Kier alpha value is -2.51. The SMILES string of the molecule is CCc1ccc(N2C(=O)/C(=C/c3ccc(OC)c(Br)c3)C(=O)NC2=S)cc1. The van der Waals surface area contributed by atoms with E-state index >= 15 is 0 Å². The Labute approximate surface area is 171 Å². The fraction of sp³-hybridized carbons (Fsp3) is 0.150. The molecule has 138 valence electrons. The maximum absolute atomic E-state index is 13.0. The predicted molar refractivity (Wildman–Crippen MR) is 113 cm³/mol. The van der Waals surface area contributed by atoms with Crippen LogP contribution >= 0.6 is 28.1 Å². The van der Waals surface area contributed by atoms with Crippen molar-refractivity contribution in [2.24, 2.45) is 0 Å². The van der Waals surface area contributed by atoms with Gasteiger partial charge in [0.2, 0.25) is 0 Å². The molecule has 0 aliphatic carbocycles. The van der Waals surface area contributed by atoms with E-state index in [1.165, 1.54) is 11.0 Å². The van der Waals surface area contributed by atoms with Gasteiger partial charge in [0, 0.05) is 0 Å². The van der Waals surface area contributed by atoms with E-state index < -0.39 is 11.8 Å². The number of thiocarbonyl (C=S) groups is 1. The first-order chi connectivity index (χ1) is 12.9. The summed E-state index contributed by atoms with van der Waals surface area (Å²) in [5.74, 6) is -0.311. The molecule has 7 heteroatoms. The summed E-state index contributed by atoms with van der Waals surface area (Å²) in [4.78, 5) is 26.7. The molecule has 1 aliphatic rings. The van der Waals surface area contributed by atoms with Gasteiger partial charge in [0.15, 0.2) is 5.11 Å². The van der Waals surface area contributed by atoms with Gasteiger partial charge in [-0.15, -0.1) is 0 Å². The van der Waals surface area contributed by atoms with Crippen molar-refractivity contribution in [2.45, 2.75) is 13.3 Å². The van der Waals surface area contributed by atoms with Crippen molar-refractivity contribution in [1.29, 1.82) is 0 Å². The Balaban J connectivity index is 1.97. The van der Waals surface area contributed by atoms with Crippen LogP contribution in [0.25, 0.3) is 6.08 Å². The summed E-state index contributed by atoms with van der Waals surface area (Å²) in [6.45, 7) is 2.06. The molecule has 2 aromatic carbocycles. The van der Waals surface area contributed by atoms with Crippen LogP contribution in [0.15, 0.2) is 52.5 Å². The summed E-state index contributed by atoms with van der Waals surface area (Å²) in [5, 5.41) is 2.66. The smallest absolute Gasteiger partial charge is 0.270 e. The molecule has 3 rings (SSSR count). The fourth-order valence-electron chi connectivity index (χ4n) is 2.71. The number of benzene rings is 2. The summed E-state index contributed by atoms with van der Waals surface area (Å²) in [6.07, 6.45) is 2.43. The number of rotatable bonds is 4. The zero-order valence-corrected chi connectivity index (χ0v) is 17.2. The van der Waals surface area contributed by atoms with Crippen molar-refractivity contribution in [1.82, 2.24) is 5.32 Å². The molecule has 1 saturated heterocycles. The van der Waals surface area contributed by atoms with E-state index in [1.807, 2.05) is 24.3 Å². The molecule has 0 atom stereocenters. The highest BCUT2D eigenvalue weighted by molar-refractivity contribution is 9.10. The lowest BCUT2D eigenvalue weighted by Crippen LogP contribution is -2.54. The van der Waals surface area contributed by atoms with Crippen LogP contribution < -0.4 is 15.0 Å². The minimum Gasteiger partial charge on any atom is -0.496 e. The lowest BCUT2D eigenvalue weighted by atomic mass is 10.1. The highest BCUT2D eigenvalue weighted by atomic mass is 79.9. The minimum atomic E-state index is -0.515. The molecule has 0 unspecified atom stereocenters. The first-order valence-electron chi connectivity index (χ1n) is 8.28. The molecule has 1 fully saturated rings. The molecule has 27 heavy (non-hydrogen) atoms. The number of aryl methyl sites for hydroxylation is 1. The van der Waals surface area contributed by atoms with Gasteiger partial charge in [-0.05, 0) is 76.0 Å². The van der Waals surface area contributed by atoms with Gasteiger partial charge in [-0.25, -0.2) is 0 Å². The molecule has 1 aliphatic heterocycles. The second-order valence-electron chi connectivity index (χ2n) is 5.87. The van der Waals surface area contributed by atoms with Crippen LogP contribution in [-0.2, 0) is 16.0 Å². The van der Waals surface area contributed by atoms with Crippen LogP contribution in [0.4, 0.5) is 5.69 Å². The molecular weight excluding hydrogens is 428 g/mol. The lowest BCUT2D eigenvalue weighted by Gasteiger charge is -2.29. The lowest BCUT2D eigenvalue weighted by molar-refractivity contribution is -0.122. The second-order valence-corrected chi connectivity index (χ2v) is 7.11. The number of methoxy groups -OCH3 is 1. The van der Waals surface area contributed by atoms with Crippen molar-refractivity contribution in [3.05, 3.63) is 63.6 Å². The number of nitrogens with zero attached hydrogens (tertiary/aromatic N) is 1. The number of hydrogen-bond acceptors (Lipinski definition) is 4. The minimum absolute atomic E-state index is 0.0141. The van der Waals surface area contributed by atoms with Gasteiger partial charge in [-0.3, -0.25) is 19.8 Å². The number of amides is 2. The van der Waals surface area contributed by atoms with E-state index in [4.69, 9.17) is 17.0 Å². The van der Waals surface area contributed by atoms with Crippen LogP contribution in [0.3, 0.4) is 0 Å². The fourth-order valence-corrected chi connectivity index (χ4v) is 3.55. The Morgan fingerprint density at radius 2 is 1.89 bits per heavy atom. The van der Waals surface area contributed by atoms with Gasteiger partial charge in [-0.2, -0.15) is 0 Å². The van der Waals surface area contributed by atoms with Gasteiger partial charge < -0.3 is 4.74 Å². The Bertz CT molecular complexity index is 954. The van der Waals surface area contributed by atoms with E-state index in [2.05, 4.69) is 28.2 Å². The highest BCUT2D eigenvalue weighted by Gasteiger charge is 2.34. The standard InChI is InChI=1S/C20H17BrN2O3S/c1-3-12-4-7-14(8-5-12)23-19(25)15(18(24)22-20(23)27)10-13-6-9-17(26-2)16(21)11-13/h4-11H,3H2,1-2H3,(H,22,24,27)/b15-10+. The molecule has 1 N–H and O–H groups in total. The Morgan fingerprint density at radius 3 is 2.48 bits per heavy atom. The average molecular weight is 445 g/mol. The normalized spacial score (nSPS) is 15.9. The van der Waals surface area contributed by atoms with Gasteiger partial charge in [0.1, 0.15) is 11.3 Å². The Kier molecular flexibility index (Phi) is 5.72. The van der Waals surface area contributed by atoms with Crippen LogP contribution in [-0.4, -0.2) is 24.0 Å². The zero-order chi connectivity index (χ0) is 19.6. The quantitative estimate of drug-likeness (QED) is 0.441. The van der Waals surface area contributed by atoms with E-state index in [0.29, 0.717) is 17.0 Å². The molecule has 1 heterocycles. The van der Waals surface area contributed by atoms with Crippen LogP contribution in [0.5, 0.6) is 5.75 Å². The second kappa shape index (κ2) is 8.02. The largest absolute Gasteiger partial charge is 0.496 e. The third-order valence-electron chi connectivity index (χ3n) is 4.19. The molecule has 0 spiro atoms. The number of anilines is 1. The summed E-state index contributed by atoms with van der Waals surface area (Å²) in [7, 11) is 1.57. The van der Waals surface area contributed by atoms with Crippen LogP contribution in [0.2, 0.25) is 0 Å². The maximum Gasteiger partial charge on any atom is 0.270 e. The van der Waals surface area contributed by atoms with Crippen molar-refractivity contribution in [3.63, 3.8) is 0 Å². The van der Waals surface area contributed by atoms with Gasteiger partial charge in [-0.1, -0.05) is 25.1 Å². The molecule has 2 aromatic rings. The van der Waals surface area contributed by atoms with E-state index in [1.54, 1.807) is 25.3 Å². The van der Waals surface area contributed by atoms with Gasteiger partial charge in [0.25, 0.3) is 11.8 Å². The van der Waals surface area contributed by atoms with Crippen LogP contribution in [0, 0.1) is 0 Å². The van der Waals surface area contributed by atoms with Crippen molar-refractivity contribution < 1.29 is 14.3 Å². The van der Waals surface area contributed by atoms with E-state index in [-0.39, 0.29) is 10.7 Å². The van der Waals surface area contributed by atoms with Crippen molar-refractivity contribution in [2.75, 3.05) is 12.0 Å². The molecular formula is C20H17BrN2O3S. The monoisotopic (exact) mass is 444 g/mol. The molecule has 0 radical (unpaired) electrons. The average Bonchev–Trinajstić information content (AvgIpc) is 2.65. The van der Waals surface area contributed by atoms with Crippen molar-refractivity contribution in [3.8, 4) is 5.75 Å². The Morgan fingerprint density at radius 1 is 1.19 bits per heavy atom.